The van der Waals surface area contributed by atoms with Gasteiger partial charge in [-0.05, 0) is 39.0 Å². The van der Waals surface area contributed by atoms with E-state index in [2.05, 4.69) is 9.97 Å². The zero-order chi connectivity index (χ0) is 18.1. The lowest BCUT2D eigenvalue weighted by atomic mass is 9.77. The lowest BCUT2D eigenvalue weighted by Crippen LogP contribution is -2.33. The second-order valence-corrected chi connectivity index (χ2v) is 6.20. The Kier molecular flexibility index (Phi) is 4.61. The summed E-state index contributed by atoms with van der Waals surface area (Å²) < 4.78 is 5.82. The van der Waals surface area contributed by atoms with Crippen molar-refractivity contribution >= 4 is 23.5 Å². The first-order valence-corrected chi connectivity index (χ1v) is 8.03. The van der Waals surface area contributed by atoms with Gasteiger partial charge in [0.2, 0.25) is 0 Å². The normalized spacial score (nSPS) is 11.1. The molecule has 3 rings (SSSR count). The lowest BCUT2D eigenvalue weighted by Gasteiger charge is -2.19. The fourth-order valence-corrected chi connectivity index (χ4v) is 2.75. The maximum Gasteiger partial charge on any atom is 0.492 e. The average molecular weight is 338 g/mol. The molecule has 0 spiro atoms. The zero-order valence-corrected chi connectivity index (χ0v) is 14.3. The second kappa shape index (κ2) is 6.70. The van der Waals surface area contributed by atoms with Crippen LogP contribution in [0.2, 0.25) is 0 Å². The highest BCUT2D eigenvalue weighted by Gasteiger charge is 2.23. The minimum atomic E-state index is -1.69. The van der Waals surface area contributed by atoms with Crippen LogP contribution in [0, 0.1) is 6.92 Å². The van der Waals surface area contributed by atoms with Gasteiger partial charge in [0.25, 0.3) is 5.56 Å². The number of para-hydroxylation sites is 1. The van der Waals surface area contributed by atoms with Gasteiger partial charge in [-0.15, -0.1) is 0 Å². The molecule has 0 aliphatic heterocycles. The number of hydrogen-bond donors (Lipinski definition) is 3. The minimum absolute atomic E-state index is 0.189. The number of ether oxygens (including phenoxy) is 1. The highest BCUT2D eigenvalue weighted by molar-refractivity contribution is 6.60. The molecule has 128 valence electrons. The van der Waals surface area contributed by atoms with Crippen molar-refractivity contribution in [2.24, 2.45) is 0 Å². The van der Waals surface area contributed by atoms with Gasteiger partial charge in [-0.3, -0.25) is 4.79 Å². The van der Waals surface area contributed by atoms with Gasteiger partial charge in [0.05, 0.1) is 22.6 Å². The van der Waals surface area contributed by atoms with Crippen LogP contribution in [0.25, 0.3) is 22.3 Å². The van der Waals surface area contributed by atoms with Crippen molar-refractivity contribution in [3.8, 4) is 17.1 Å². The summed E-state index contributed by atoms with van der Waals surface area (Å²) in [5, 5.41) is 19.9. The second-order valence-electron chi connectivity index (χ2n) is 6.20. The molecule has 0 fully saturated rings. The van der Waals surface area contributed by atoms with Gasteiger partial charge in [-0.25, -0.2) is 4.98 Å². The first-order valence-electron chi connectivity index (χ1n) is 8.03. The standard InChI is InChI=1S/C18H19BN2O4/c1-10(2)25-16-13(8-11(3)9-14(16)19(23)24)17-20-15-7-5-4-6-12(15)18(22)21-17/h4-10,23-24H,1-3H3,(H,20,21,22). The molecule has 7 heteroatoms. The zero-order valence-electron chi connectivity index (χ0n) is 14.3. The lowest BCUT2D eigenvalue weighted by molar-refractivity contribution is 0.244. The minimum Gasteiger partial charge on any atom is -0.491 e. The molecular weight excluding hydrogens is 319 g/mol. The average Bonchev–Trinajstić information content (AvgIpc) is 2.55. The first-order chi connectivity index (χ1) is 11.9. The van der Waals surface area contributed by atoms with Crippen molar-refractivity contribution in [2.45, 2.75) is 26.9 Å². The third kappa shape index (κ3) is 3.43. The topological polar surface area (TPSA) is 95.4 Å². The van der Waals surface area contributed by atoms with Gasteiger partial charge in [-0.1, -0.05) is 23.8 Å². The molecule has 0 atom stereocenters. The number of fused-ring (bicyclic) bond motifs is 1. The summed E-state index contributed by atoms with van der Waals surface area (Å²) in [6.45, 7) is 5.51. The van der Waals surface area contributed by atoms with E-state index in [1.54, 1.807) is 30.3 Å². The molecule has 1 aromatic heterocycles. The highest BCUT2D eigenvalue weighted by Crippen LogP contribution is 2.28. The summed E-state index contributed by atoms with van der Waals surface area (Å²) in [6, 6.07) is 10.5. The van der Waals surface area contributed by atoms with Crippen LogP contribution in [0.4, 0.5) is 0 Å². The van der Waals surface area contributed by atoms with E-state index in [0.717, 1.165) is 5.56 Å². The summed E-state index contributed by atoms with van der Waals surface area (Å²) in [4.78, 5) is 19.7. The molecule has 0 saturated carbocycles. The quantitative estimate of drug-likeness (QED) is 0.625. The molecule has 2 aromatic carbocycles. The van der Waals surface area contributed by atoms with Gasteiger partial charge in [0, 0.05) is 5.46 Å². The van der Waals surface area contributed by atoms with Crippen molar-refractivity contribution in [3.63, 3.8) is 0 Å². The van der Waals surface area contributed by atoms with Gasteiger partial charge in [-0.2, -0.15) is 0 Å². The Morgan fingerprint density at radius 3 is 2.60 bits per heavy atom. The fraction of sp³-hybridized carbons (Fsp3) is 0.222. The van der Waals surface area contributed by atoms with E-state index in [-0.39, 0.29) is 17.1 Å². The molecular formula is C18H19BN2O4. The molecule has 0 bridgehead atoms. The summed E-state index contributed by atoms with van der Waals surface area (Å²) >= 11 is 0. The molecule has 0 amide bonds. The van der Waals surface area contributed by atoms with Crippen molar-refractivity contribution in [1.29, 1.82) is 0 Å². The smallest absolute Gasteiger partial charge is 0.491 e. The van der Waals surface area contributed by atoms with E-state index >= 15 is 0 Å². The first kappa shape index (κ1) is 17.2. The number of H-pyrrole nitrogens is 1. The molecule has 0 unspecified atom stereocenters. The summed E-state index contributed by atoms with van der Waals surface area (Å²) in [5.41, 5.74) is 1.84. The monoisotopic (exact) mass is 338 g/mol. The number of nitrogens with one attached hydrogen (secondary N) is 1. The molecule has 3 N–H and O–H groups in total. The van der Waals surface area contributed by atoms with E-state index < -0.39 is 7.12 Å². The van der Waals surface area contributed by atoms with Crippen LogP contribution in [0.3, 0.4) is 0 Å². The number of nitrogens with zero attached hydrogens (tertiary/aromatic N) is 1. The van der Waals surface area contributed by atoms with Crippen molar-refractivity contribution < 1.29 is 14.8 Å². The van der Waals surface area contributed by atoms with Crippen LogP contribution in [-0.4, -0.2) is 33.2 Å². The van der Waals surface area contributed by atoms with Gasteiger partial charge < -0.3 is 19.8 Å². The van der Waals surface area contributed by atoms with Gasteiger partial charge >= 0.3 is 7.12 Å². The van der Waals surface area contributed by atoms with Crippen LogP contribution in [0.1, 0.15) is 19.4 Å². The third-order valence-electron chi connectivity index (χ3n) is 3.76. The van der Waals surface area contributed by atoms with Crippen LogP contribution in [0.15, 0.2) is 41.2 Å². The van der Waals surface area contributed by atoms with Gasteiger partial charge in [0.15, 0.2) is 0 Å². The molecule has 0 saturated heterocycles. The molecule has 6 nitrogen and oxygen atoms in total. The summed E-state index contributed by atoms with van der Waals surface area (Å²) in [6.07, 6.45) is -0.189. The summed E-state index contributed by atoms with van der Waals surface area (Å²) in [5.74, 6) is 0.624. The Bertz CT molecular complexity index is 982. The van der Waals surface area contributed by atoms with Crippen molar-refractivity contribution in [1.82, 2.24) is 9.97 Å². The fourth-order valence-electron chi connectivity index (χ4n) is 2.75. The Morgan fingerprint density at radius 1 is 1.20 bits per heavy atom. The molecule has 3 aromatic rings. The van der Waals surface area contributed by atoms with E-state index in [4.69, 9.17) is 4.74 Å². The Morgan fingerprint density at radius 2 is 1.92 bits per heavy atom. The van der Waals surface area contributed by atoms with E-state index in [0.29, 0.717) is 28.0 Å². The Hall–Kier alpha value is -2.64. The number of rotatable bonds is 4. The highest BCUT2D eigenvalue weighted by atomic mass is 16.5. The number of aromatic amines is 1. The Labute approximate surface area is 145 Å². The third-order valence-corrected chi connectivity index (χ3v) is 3.76. The summed E-state index contributed by atoms with van der Waals surface area (Å²) in [7, 11) is -1.69. The van der Waals surface area contributed by atoms with Crippen LogP contribution in [0.5, 0.6) is 5.75 Å². The van der Waals surface area contributed by atoms with E-state index in [1.807, 2.05) is 26.8 Å². The van der Waals surface area contributed by atoms with Crippen LogP contribution in [-0.2, 0) is 0 Å². The largest absolute Gasteiger partial charge is 0.492 e. The van der Waals surface area contributed by atoms with Gasteiger partial charge in [0.1, 0.15) is 11.6 Å². The van der Waals surface area contributed by atoms with E-state index in [9.17, 15) is 14.8 Å². The molecule has 1 heterocycles. The maximum atomic E-state index is 12.4. The molecule has 0 radical (unpaired) electrons. The van der Waals surface area contributed by atoms with E-state index in [1.165, 1.54) is 0 Å². The molecule has 0 aliphatic carbocycles. The molecule has 0 aliphatic rings. The van der Waals surface area contributed by atoms with Crippen LogP contribution < -0.4 is 15.8 Å². The van der Waals surface area contributed by atoms with Crippen molar-refractivity contribution in [2.75, 3.05) is 0 Å². The predicted octanol–water partition coefficient (Wildman–Crippen LogP) is 1.37. The number of benzene rings is 2. The van der Waals surface area contributed by atoms with Crippen LogP contribution >= 0.6 is 0 Å². The number of hydrogen-bond acceptors (Lipinski definition) is 5. The predicted molar refractivity (Wildman–Crippen MR) is 98.1 cm³/mol. The van der Waals surface area contributed by atoms with Crippen molar-refractivity contribution in [3.05, 3.63) is 52.3 Å². The maximum absolute atomic E-state index is 12.4. The molecule has 25 heavy (non-hydrogen) atoms. The SMILES string of the molecule is Cc1cc(B(O)O)c(OC(C)C)c(-c2nc3ccccc3c(=O)[nH]2)c1. The number of aryl methyl sites for hydroxylation is 1. The number of aromatic nitrogens is 2. The Balaban J connectivity index is 2.31.